The first-order valence-corrected chi connectivity index (χ1v) is 9.27. The van der Waals surface area contributed by atoms with Crippen LogP contribution in [0.1, 0.15) is 12.8 Å². The predicted octanol–water partition coefficient (Wildman–Crippen LogP) is -3.43. The van der Waals surface area contributed by atoms with Gasteiger partial charge in [0.05, 0.1) is 6.61 Å². The summed E-state index contributed by atoms with van der Waals surface area (Å²) in [6.07, 6.45) is -0.772. The summed E-state index contributed by atoms with van der Waals surface area (Å²) in [5.74, 6) is -5.57. The molecule has 4 atom stereocenters. The van der Waals surface area contributed by atoms with Gasteiger partial charge in [-0.15, -0.1) is 0 Å². The second-order valence-electron chi connectivity index (χ2n) is 5.61. The number of aliphatic carboxylic acids is 2. The van der Waals surface area contributed by atoms with Crippen molar-refractivity contribution >= 4 is 54.9 Å². The van der Waals surface area contributed by atoms with Crippen LogP contribution >= 0.6 is 25.3 Å². The van der Waals surface area contributed by atoms with Crippen LogP contribution in [0.2, 0.25) is 0 Å². The number of rotatable bonds is 13. The summed E-state index contributed by atoms with van der Waals surface area (Å²) >= 11 is 7.73. The fourth-order valence-electron chi connectivity index (χ4n) is 1.82. The largest absolute Gasteiger partial charge is 0.481 e. The van der Waals surface area contributed by atoms with Gasteiger partial charge in [-0.25, -0.2) is 4.79 Å². The Morgan fingerprint density at radius 3 is 1.71 bits per heavy atom. The number of aliphatic hydroxyl groups is 1. The second kappa shape index (κ2) is 13.2. The van der Waals surface area contributed by atoms with Crippen LogP contribution in [0.3, 0.4) is 0 Å². The molecule has 0 heterocycles. The van der Waals surface area contributed by atoms with Gasteiger partial charge in [0.25, 0.3) is 0 Å². The number of nitrogens with two attached hydrogens (primary N) is 1. The highest BCUT2D eigenvalue weighted by atomic mass is 32.1. The zero-order valence-corrected chi connectivity index (χ0v) is 16.5. The van der Waals surface area contributed by atoms with Crippen molar-refractivity contribution in [1.29, 1.82) is 0 Å². The van der Waals surface area contributed by atoms with Gasteiger partial charge in [-0.2, -0.15) is 25.3 Å². The third-order valence-corrected chi connectivity index (χ3v) is 4.16. The van der Waals surface area contributed by atoms with E-state index in [0.29, 0.717) is 0 Å². The highest BCUT2D eigenvalue weighted by Gasteiger charge is 2.29. The molecule has 160 valence electrons. The summed E-state index contributed by atoms with van der Waals surface area (Å²) in [4.78, 5) is 58.1. The fraction of sp³-hybridized carbons (Fsp3) is 0.643. The van der Waals surface area contributed by atoms with Gasteiger partial charge >= 0.3 is 11.9 Å². The van der Waals surface area contributed by atoms with Crippen LogP contribution in [-0.4, -0.2) is 87.3 Å². The van der Waals surface area contributed by atoms with Gasteiger partial charge < -0.3 is 37.0 Å². The van der Waals surface area contributed by atoms with Crippen molar-refractivity contribution in [3.05, 3.63) is 0 Å². The van der Waals surface area contributed by atoms with Crippen LogP contribution < -0.4 is 21.7 Å². The van der Waals surface area contributed by atoms with Crippen LogP contribution in [-0.2, 0) is 24.0 Å². The fourth-order valence-corrected chi connectivity index (χ4v) is 2.33. The maximum Gasteiger partial charge on any atom is 0.327 e. The normalized spacial score (nSPS) is 14.9. The Bertz CT molecular complexity index is 592. The maximum atomic E-state index is 12.4. The SMILES string of the molecule is NC(CO)C(=O)NC(CCC(=O)O)C(=O)NC(CS)C(=O)NC(CS)C(=O)O. The van der Waals surface area contributed by atoms with E-state index in [9.17, 15) is 24.0 Å². The molecule has 0 saturated heterocycles. The third-order valence-electron chi connectivity index (χ3n) is 3.43. The molecule has 0 rings (SSSR count). The molecule has 0 spiro atoms. The van der Waals surface area contributed by atoms with Crippen molar-refractivity contribution in [3.63, 3.8) is 0 Å². The van der Waals surface area contributed by atoms with E-state index >= 15 is 0 Å². The summed E-state index contributed by atoms with van der Waals surface area (Å²) in [6.45, 7) is -0.693. The van der Waals surface area contributed by atoms with Gasteiger partial charge in [0.2, 0.25) is 17.7 Å². The van der Waals surface area contributed by atoms with E-state index in [4.69, 9.17) is 21.1 Å². The van der Waals surface area contributed by atoms with Crippen LogP contribution in [0.5, 0.6) is 0 Å². The van der Waals surface area contributed by atoms with Crippen molar-refractivity contribution in [2.45, 2.75) is 37.0 Å². The Balaban J connectivity index is 5.16. The Morgan fingerprint density at radius 2 is 1.29 bits per heavy atom. The van der Waals surface area contributed by atoms with E-state index in [0.717, 1.165) is 0 Å². The Kier molecular flexibility index (Phi) is 12.2. The van der Waals surface area contributed by atoms with Gasteiger partial charge in [0.1, 0.15) is 24.2 Å². The molecule has 0 aromatic rings. The smallest absolute Gasteiger partial charge is 0.327 e. The molecule has 0 fully saturated rings. The van der Waals surface area contributed by atoms with Crippen molar-refractivity contribution in [1.82, 2.24) is 16.0 Å². The first-order valence-electron chi connectivity index (χ1n) is 8.01. The topological polar surface area (TPSA) is 208 Å². The average Bonchev–Trinajstić information content (AvgIpc) is 2.65. The number of carbonyl (C=O) groups excluding carboxylic acids is 3. The van der Waals surface area contributed by atoms with Crippen molar-refractivity contribution in [2.24, 2.45) is 5.73 Å². The molecule has 0 aliphatic carbocycles. The summed E-state index contributed by atoms with van der Waals surface area (Å²) in [5, 5.41) is 33.2. The summed E-state index contributed by atoms with van der Waals surface area (Å²) in [6, 6.07) is -5.22. The summed E-state index contributed by atoms with van der Waals surface area (Å²) in [5.41, 5.74) is 5.35. The van der Waals surface area contributed by atoms with Gasteiger partial charge in [-0.1, -0.05) is 0 Å². The molecular weight excluding hydrogens is 416 g/mol. The minimum absolute atomic E-state index is 0.190. The average molecular weight is 441 g/mol. The van der Waals surface area contributed by atoms with Crippen LogP contribution in [0.4, 0.5) is 0 Å². The number of hydrogen-bond acceptors (Lipinski definition) is 9. The molecule has 28 heavy (non-hydrogen) atoms. The molecule has 14 heteroatoms. The molecule has 0 aliphatic rings. The minimum atomic E-state index is -1.35. The van der Waals surface area contributed by atoms with Gasteiger partial charge in [0, 0.05) is 17.9 Å². The second-order valence-corrected chi connectivity index (χ2v) is 6.34. The lowest BCUT2D eigenvalue weighted by Crippen LogP contribution is -2.58. The van der Waals surface area contributed by atoms with Crippen LogP contribution in [0.25, 0.3) is 0 Å². The highest BCUT2D eigenvalue weighted by Crippen LogP contribution is 2.02. The highest BCUT2D eigenvalue weighted by molar-refractivity contribution is 7.80. The number of carbonyl (C=O) groups is 5. The molecule has 0 aromatic carbocycles. The minimum Gasteiger partial charge on any atom is -0.481 e. The van der Waals surface area contributed by atoms with E-state index in [1.807, 2.05) is 0 Å². The Hall–Kier alpha value is -2.03. The van der Waals surface area contributed by atoms with E-state index in [-0.39, 0.29) is 17.9 Å². The van der Waals surface area contributed by atoms with Gasteiger partial charge in [-0.05, 0) is 6.42 Å². The number of carboxylic acids is 2. The lowest BCUT2D eigenvalue weighted by atomic mass is 10.1. The van der Waals surface area contributed by atoms with E-state index < -0.39 is 66.9 Å². The quantitative estimate of drug-likeness (QED) is 0.130. The number of carboxylic acid groups (broad SMARTS) is 2. The molecule has 4 unspecified atom stereocenters. The first-order chi connectivity index (χ1) is 13.1. The van der Waals surface area contributed by atoms with E-state index in [1.54, 1.807) is 0 Å². The van der Waals surface area contributed by atoms with E-state index in [1.165, 1.54) is 0 Å². The van der Waals surface area contributed by atoms with Gasteiger partial charge in [-0.3, -0.25) is 19.2 Å². The van der Waals surface area contributed by atoms with Crippen molar-refractivity contribution in [3.8, 4) is 0 Å². The molecule has 0 radical (unpaired) electrons. The number of nitrogens with one attached hydrogen (secondary N) is 3. The monoisotopic (exact) mass is 440 g/mol. The lowest BCUT2D eigenvalue weighted by molar-refractivity contribution is -0.141. The molecule has 0 aliphatic heterocycles. The number of amides is 3. The number of thiol groups is 2. The van der Waals surface area contributed by atoms with Crippen molar-refractivity contribution in [2.75, 3.05) is 18.1 Å². The molecule has 0 saturated carbocycles. The third kappa shape index (κ3) is 9.25. The molecule has 12 nitrogen and oxygen atoms in total. The molecular formula is C14H24N4O8S2. The van der Waals surface area contributed by atoms with Gasteiger partial charge in [0.15, 0.2) is 0 Å². The maximum absolute atomic E-state index is 12.4. The zero-order chi connectivity index (χ0) is 21.9. The number of hydrogen-bond donors (Lipinski definition) is 9. The predicted molar refractivity (Wildman–Crippen MR) is 103 cm³/mol. The Labute approximate surface area is 171 Å². The number of aliphatic hydroxyl groups excluding tert-OH is 1. The molecule has 0 bridgehead atoms. The lowest BCUT2D eigenvalue weighted by Gasteiger charge is -2.23. The van der Waals surface area contributed by atoms with Crippen LogP contribution in [0.15, 0.2) is 0 Å². The Morgan fingerprint density at radius 1 is 0.821 bits per heavy atom. The summed E-state index contributed by atoms with van der Waals surface area (Å²) in [7, 11) is 0. The van der Waals surface area contributed by atoms with Crippen molar-refractivity contribution < 1.29 is 39.3 Å². The standard InChI is InChI=1S/C14H24N4O8S2/c15-6(3-19)11(22)16-7(1-2-10(20)21)12(23)17-8(4-27)13(24)18-9(5-28)14(25)26/h6-9,19,27-28H,1-5,15H2,(H,16,22)(H,17,23)(H,18,24)(H,20,21)(H,25,26). The van der Waals surface area contributed by atoms with Crippen LogP contribution in [0, 0.1) is 0 Å². The molecule has 8 N–H and O–H groups in total. The first kappa shape index (κ1) is 26.0. The molecule has 0 aromatic heterocycles. The van der Waals surface area contributed by atoms with E-state index in [2.05, 4.69) is 41.2 Å². The zero-order valence-electron chi connectivity index (χ0n) is 14.7. The summed E-state index contributed by atoms with van der Waals surface area (Å²) < 4.78 is 0. The molecule has 3 amide bonds.